The van der Waals surface area contributed by atoms with Crippen molar-refractivity contribution in [3.63, 3.8) is 0 Å². The van der Waals surface area contributed by atoms with Gasteiger partial charge in [-0.2, -0.15) is 0 Å². The zero-order chi connectivity index (χ0) is 14.4. The normalized spacial score (nSPS) is 20.0. The molecule has 0 aliphatic carbocycles. The minimum atomic E-state index is -0.694. The van der Waals surface area contributed by atoms with Gasteiger partial charge in [0.25, 0.3) is 5.91 Å². The number of nitrogens with zero attached hydrogens (tertiary/aromatic N) is 3. The van der Waals surface area contributed by atoms with Crippen LogP contribution >= 0.6 is 0 Å². The van der Waals surface area contributed by atoms with Gasteiger partial charge in [-0.15, -0.1) is 0 Å². The van der Waals surface area contributed by atoms with Gasteiger partial charge in [0.2, 0.25) is 6.79 Å². The predicted octanol–water partition coefficient (Wildman–Crippen LogP) is 1.40. The number of carbonyl (C=O) groups is 1. The van der Waals surface area contributed by atoms with Gasteiger partial charge in [0, 0.05) is 18.5 Å². The van der Waals surface area contributed by atoms with Crippen LogP contribution in [0.4, 0.5) is 5.69 Å². The maximum Gasteiger partial charge on any atom is 0.264 e. The number of benzene rings is 1. The van der Waals surface area contributed by atoms with E-state index in [1.165, 1.54) is 11.2 Å². The quantitative estimate of drug-likeness (QED) is 0.902. The molecule has 2 aromatic rings. The third-order valence-electron chi connectivity index (χ3n) is 3.38. The van der Waals surface area contributed by atoms with Crippen molar-refractivity contribution in [1.29, 1.82) is 0 Å². The van der Waals surface area contributed by atoms with E-state index in [9.17, 15) is 9.90 Å². The van der Waals surface area contributed by atoms with Crippen LogP contribution in [-0.4, -0.2) is 27.4 Å². The number of aromatic nitrogens is 2. The molecule has 0 fully saturated rings. The zero-order valence-electron chi connectivity index (χ0n) is 10.8. The van der Waals surface area contributed by atoms with Crippen molar-refractivity contribution in [2.75, 3.05) is 11.7 Å². The molecule has 1 radical (unpaired) electrons. The van der Waals surface area contributed by atoms with Crippen molar-refractivity contribution in [2.24, 2.45) is 0 Å². The molecular weight excluding hydrogens is 274 g/mol. The molecule has 1 atom stereocenters. The number of ether oxygens (including phenoxy) is 2. The van der Waals surface area contributed by atoms with Crippen LogP contribution in [-0.2, 0) is 4.79 Å². The molecule has 105 valence electrons. The second-order valence-electron chi connectivity index (χ2n) is 4.61. The first-order chi connectivity index (χ1) is 10.2. The molecule has 2 aliphatic heterocycles. The first kappa shape index (κ1) is 11.8. The predicted molar refractivity (Wildman–Crippen MR) is 70.7 cm³/mol. The van der Waals surface area contributed by atoms with Gasteiger partial charge in [-0.1, -0.05) is 0 Å². The Labute approximate surface area is 119 Å². The summed E-state index contributed by atoms with van der Waals surface area (Å²) in [6, 6.07) is 5.16. The van der Waals surface area contributed by atoms with E-state index in [0.29, 0.717) is 17.2 Å². The Bertz CT molecular complexity index is 739. The lowest BCUT2D eigenvalue weighted by molar-refractivity contribution is -0.114. The molecule has 1 amide bonds. The highest BCUT2D eigenvalue weighted by Gasteiger charge is 2.36. The number of rotatable bonds is 2. The lowest BCUT2D eigenvalue weighted by Crippen LogP contribution is -2.32. The third-order valence-corrected chi connectivity index (χ3v) is 3.38. The monoisotopic (exact) mass is 284 g/mol. The van der Waals surface area contributed by atoms with E-state index in [1.807, 2.05) is 0 Å². The minimum Gasteiger partial charge on any atom is -0.507 e. The Morgan fingerprint density at radius 2 is 2.19 bits per heavy atom. The van der Waals surface area contributed by atoms with E-state index in [1.54, 1.807) is 35.2 Å². The third kappa shape index (κ3) is 1.74. The topological polar surface area (TPSA) is 76.8 Å². The molecule has 1 N–H and O–H groups in total. The fraction of sp³-hybridized carbons (Fsp3) is 0.143. The fourth-order valence-corrected chi connectivity index (χ4v) is 2.45. The molecule has 2 aliphatic rings. The molecule has 0 spiro atoms. The largest absolute Gasteiger partial charge is 0.507 e. The summed E-state index contributed by atoms with van der Waals surface area (Å²) in [5.74, 6) is 0.613. The molecule has 1 unspecified atom stereocenters. The van der Waals surface area contributed by atoms with Crippen molar-refractivity contribution in [3.8, 4) is 11.5 Å². The average molecular weight is 284 g/mol. The molecule has 1 aromatic heterocycles. The summed E-state index contributed by atoms with van der Waals surface area (Å²) in [5.41, 5.74) is 0.583. The Balaban J connectivity index is 1.77. The van der Waals surface area contributed by atoms with Gasteiger partial charge in [0.1, 0.15) is 5.76 Å². The SMILES string of the molecule is O=C1[C]=C(O)C(n2ccnc2)N1c1ccc2c(c1)OCO2. The maximum absolute atomic E-state index is 12.1. The number of imidazole rings is 1. The van der Waals surface area contributed by atoms with Gasteiger partial charge in [0.15, 0.2) is 17.7 Å². The number of aliphatic hydroxyl groups excluding tert-OH is 1. The van der Waals surface area contributed by atoms with Crippen molar-refractivity contribution >= 4 is 11.6 Å². The number of hydrogen-bond acceptors (Lipinski definition) is 5. The Morgan fingerprint density at radius 1 is 1.33 bits per heavy atom. The molecule has 0 bridgehead atoms. The summed E-state index contributed by atoms with van der Waals surface area (Å²) in [6.45, 7) is 0.160. The summed E-state index contributed by atoms with van der Waals surface area (Å²) in [5, 5.41) is 9.99. The Morgan fingerprint density at radius 3 is 3.00 bits per heavy atom. The summed E-state index contributed by atoms with van der Waals surface area (Å²) in [6.07, 6.45) is 6.49. The van der Waals surface area contributed by atoms with Gasteiger partial charge >= 0.3 is 0 Å². The van der Waals surface area contributed by atoms with E-state index in [0.717, 1.165) is 0 Å². The number of hydrogen-bond donors (Lipinski definition) is 1. The average Bonchev–Trinajstić information content (AvgIpc) is 3.17. The van der Waals surface area contributed by atoms with Crippen LogP contribution in [0.3, 0.4) is 0 Å². The lowest BCUT2D eigenvalue weighted by Gasteiger charge is -2.26. The number of fused-ring (bicyclic) bond motifs is 1. The molecule has 21 heavy (non-hydrogen) atoms. The fourth-order valence-electron chi connectivity index (χ4n) is 2.45. The molecule has 0 saturated heterocycles. The minimum absolute atomic E-state index is 0.157. The number of carbonyl (C=O) groups excluding carboxylic acids is 1. The first-order valence-electron chi connectivity index (χ1n) is 6.27. The van der Waals surface area contributed by atoms with Gasteiger partial charge in [-0.05, 0) is 12.1 Å². The van der Waals surface area contributed by atoms with Crippen LogP contribution in [0.5, 0.6) is 11.5 Å². The van der Waals surface area contributed by atoms with Crippen LogP contribution in [0, 0.1) is 6.08 Å². The summed E-state index contributed by atoms with van der Waals surface area (Å²) >= 11 is 0. The molecule has 3 heterocycles. The zero-order valence-corrected chi connectivity index (χ0v) is 10.8. The number of aliphatic hydroxyl groups is 1. The summed E-state index contributed by atoms with van der Waals surface area (Å²) in [7, 11) is 0. The number of anilines is 1. The van der Waals surface area contributed by atoms with Gasteiger partial charge < -0.3 is 19.1 Å². The van der Waals surface area contributed by atoms with Crippen molar-refractivity contribution in [3.05, 3.63) is 48.8 Å². The highest BCUT2D eigenvalue weighted by atomic mass is 16.7. The van der Waals surface area contributed by atoms with Gasteiger partial charge in [-0.3, -0.25) is 9.69 Å². The molecular formula is C14H10N3O4. The molecule has 0 saturated carbocycles. The van der Waals surface area contributed by atoms with E-state index >= 15 is 0 Å². The Kier molecular flexibility index (Phi) is 2.41. The standard InChI is InChI=1S/C14H10N3O4/c18-10-6-13(19)17(14(10)16-4-3-15-7-16)9-1-2-11-12(5-9)21-8-20-11/h1-5,7,14,18H,8H2. The van der Waals surface area contributed by atoms with E-state index < -0.39 is 12.1 Å². The van der Waals surface area contributed by atoms with Crippen molar-refractivity contribution in [2.45, 2.75) is 6.17 Å². The van der Waals surface area contributed by atoms with Crippen molar-refractivity contribution < 1.29 is 19.4 Å². The van der Waals surface area contributed by atoms with E-state index in [4.69, 9.17) is 9.47 Å². The van der Waals surface area contributed by atoms with Crippen molar-refractivity contribution in [1.82, 2.24) is 9.55 Å². The molecule has 7 heteroatoms. The highest BCUT2D eigenvalue weighted by Crippen LogP contribution is 2.39. The van der Waals surface area contributed by atoms with E-state index in [2.05, 4.69) is 11.1 Å². The smallest absolute Gasteiger partial charge is 0.264 e. The molecule has 1 aromatic carbocycles. The molecule has 4 rings (SSSR count). The first-order valence-corrected chi connectivity index (χ1v) is 6.27. The van der Waals surface area contributed by atoms with Crippen LogP contribution in [0.25, 0.3) is 0 Å². The highest BCUT2D eigenvalue weighted by molar-refractivity contribution is 6.02. The Hall–Kier alpha value is -2.96. The van der Waals surface area contributed by atoms with Crippen LogP contribution < -0.4 is 14.4 Å². The van der Waals surface area contributed by atoms with E-state index in [-0.39, 0.29) is 12.6 Å². The maximum atomic E-state index is 12.1. The summed E-state index contributed by atoms with van der Waals surface area (Å²) < 4.78 is 12.2. The van der Waals surface area contributed by atoms with Crippen LogP contribution in [0.2, 0.25) is 0 Å². The van der Waals surface area contributed by atoms with Crippen LogP contribution in [0.15, 0.2) is 42.7 Å². The van der Waals surface area contributed by atoms with Crippen LogP contribution in [0.1, 0.15) is 6.17 Å². The second kappa shape index (κ2) is 4.27. The van der Waals surface area contributed by atoms with Gasteiger partial charge in [0.05, 0.1) is 18.1 Å². The second-order valence-corrected chi connectivity index (χ2v) is 4.61. The lowest BCUT2D eigenvalue weighted by atomic mass is 10.2. The molecule has 7 nitrogen and oxygen atoms in total. The summed E-state index contributed by atoms with van der Waals surface area (Å²) in [4.78, 5) is 17.5. The number of amides is 1. The van der Waals surface area contributed by atoms with Gasteiger partial charge in [-0.25, -0.2) is 4.98 Å².